The first-order chi connectivity index (χ1) is 9.61. The Morgan fingerprint density at radius 1 is 1.30 bits per heavy atom. The quantitative estimate of drug-likeness (QED) is 0.841. The summed E-state index contributed by atoms with van der Waals surface area (Å²) in [5.74, 6) is 0.00939. The molecule has 0 N–H and O–H groups in total. The van der Waals surface area contributed by atoms with Crippen LogP contribution in [-0.2, 0) is 4.79 Å². The molecule has 0 aliphatic carbocycles. The second-order valence-electron chi connectivity index (χ2n) is 5.79. The third-order valence-electron chi connectivity index (χ3n) is 4.75. The maximum absolute atomic E-state index is 13.1. The summed E-state index contributed by atoms with van der Waals surface area (Å²) in [7, 11) is 2.12. The van der Waals surface area contributed by atoms with E-state index < -0.39 is 0 Å². The molecule has 20 heavy (non-hydrogen) atoms. The van der Waals surface area contributed by atoms with Crippen molar-refractivity contribution in [3.05, 3.63) is 41.2 Å². The monoisotopic (exact) mass is 273 g/mol. The van der Waals surface area contributed by atoms with Crippen LogP contribution in [-0.4, -0.2) is 29.8 Å². The van der Waals surface area contributed by atoms with Crippen molar-refractivity contribution in [2.75, 3.05) is 7.05 Å². The van der Waals surface area contributed by atoms with E-state index in [-0.39, 0.29) is 17.6 Å². The second-order valence-corrected chi connectivity index (χ2v) is 5.79. The number of fused-ring (bicyclic) bond motifs is 2. The highest BCUT2D eigenvalue weighted by Gasteiger charge is 2.41. The Bertz CT molecular complexity index is 561. The number of hydrogen-bond donors (Lipinski definition) is 0. The minimum absolute atomic E-state index is 0.228. The topological polar surface area (TPSA) is 20.3 Å². The van der Waals surface area contributed by atoms with Crippen LogP contribution in [0.1, 0.15) is 38.2 Å². The van der Waals surface area contributed by atoms with E-state index in [0.29, 0.717) is 12.5 Å². The average molecular weight is 273 g/mol. The highest BCUT2D eigenvalue weighted by atomic mass is 19.1. The number of benzene rings is 1. The zero-order chi connectivity index (χ0) is 14.3. The van der Waals surface area contributed by atoms with Crippen LogP contribution in [0.25, 0.3) is 5.57 Å². The van der Waals surface area contributed by atoms with Crippen molar-refractivity contribution in [3.8, 4) is 0 Å². The number of ketones is 1. The highest BCUT2D eigenvalue weighted by Crippen LogP contribution is 2.42. The summed E-state index contributed by atoms with van der Waals surface area (Å²) >= 11 is 0. The van der Waals surface area contributed by atoms with Crippen LogP contribution in [0.4, 0.5) is 4.39 Å². The van der Waals surface area contributed by atoms with Crippen molar-refractivity contribution in [2.45, 2.75) is 44.7 Å². The van der Waals surface area contributed by atoms with Gasteiger partial charge in [0.25, 0.3) is 0 Å². The van der Waals surface area contributed by atoms with Gasteiger partial charge in [0.2, 0.25) is 0 Å². The molecule has 1 aromatic rings. The summed E-state index contributed by atoms with van der Waals surface area (Å²) in [6.45, 7) is 1.92. The molecule has 0 saturated carbocycles. The number of Topliss-reactive ketones (excluding diaryl/α,β-unsaturated/α-hetero) is 1. The van der Waals surface area contributed by atoms with E-state index >= 15 is 0 Å². The molecule has 2 heterocycles. The molecule has 2 bridgehead atoms. The molecule has 2 unspecified atom stereocenters. The average Bonchev–Trinajstić information content (AvgIpc) is 2.70. The van der Waals surface area contributed by atoms with Crippen LogP contribution in [0, 0.1) is 5.82 Å². The van der Waals surface area contributed by atoms with Crippen molar-refractivity contribution in [2.24, 2.45) is 0 Å². The van der Waals surface area contributed by atoms with Crippen LogP contribution in [0.3, 0.4) is 0 Å². The van der Waals surface area contributed by atoms with E-state index in [1.807, 2.05) is 6.92 Å². The molecule has 2 nitrogen and oxygen atoms in total. The van der Waals surface area contributed by atoms with E-state index in [4.69, 9.17) is 0 Å². The molecule has 1 saturated heterocycles. The third kappa shape index (κ3) is 2.10. The van der Waals surface area contributed by atoms with Crippen molar-refractivity contribution in [1.82, 2.24) is 4.90 Å². The van der Waals surface area contributed by atoms with Crippen LogP contribution in [0.15, 0.2) is 29.8 Å². The highest BCUT2D eigenvalue weighted by molar-refractivity contribution is 6.04. The van der Waals surface area contributed by atoms with E-state index in [9.17, 15) is 9.18 Å². The van der Waals surface area contributed by atoms with Gasteiger partial charge in [-0.05, 0) is 49.6 Å². The summed E-state index contributed by atoms with van der Waals surface area (Å²) in [6, 6.07) is 7.35. The Morgan fingerprint density at radius 2 is 2.00 bits per heavy atom. The fraction of sp³-hybridized carbons (Fsp3) is 0.471. The molecular weight excluding hydrogens is 253 g/mol. The predicted molar refractivity (Wildman–Crippen MR) is 77.8 cm³/mol. The summed E-state index contributed by atoms with van der Waals surface area (Å²) < 4.78 is 13.1. The predicted octanol–water partition coefficient (Wildman–Crippen LogP) is 3.42. The van der Waals surface area contributed by atoms with Gasteiger partial charge in [0.05, 0.1) is 0 Å². The Labute approximate surface area is 119 Å². The lowest BCUT2D eigenvalue weighted by molar-refractivity contribution is -0.115. The number of nitrogens with zero attached hydrogens (tertiary/aromatic N) is 1. The van der Waals surface area contributed by atoms with Gasteiger partial charge in [-0.1, -0.05) is 19.1 Å². The van der Waals surface area contributed by atoms with Crippen molar-refractivity contribution in [3.63, 3.8) is 0 Å². The molecule has 2 aliphatic heterocycles. The van der Waals surface area contributed by atoms with Crippen LogP contribution in [0.2, 0.25) is 0 Å². The molecule has 0 radical (unpaired) electrons. The zero-order valence-corrected chi connectivity index (χ0v) is 12.0. The molecule has 3 rings (SSSR count). The van der Waals surface area contributed by atoms with Gasteiger partial charge in [0, 0.05) is 24.1 Å². The van der Waals surface area contributed by atoms with Gasteiger partial charge in [-0.2, -0.15) is 0 Å². The molecule has 0 spiro atoms. The fourth-order valence-corrected chi connectivity index (χ4v) is 3.62. The maximum atomic E-state index is 13.1. The standard InChI is InChI=1S/C17H20FNO/c1-3-16(20)17-14(11-4-6-12(18)7-5-11)10-13-8-9-15(17)19(13)2/h4-7,13,15H,3,8-10H2,1-2H3. The van der Waals surface area contributed by atoms with Gasteiger partial charge in [0.15, 0.2) is 5.78 Å². The SMILES string of the molecule is CCC(=O)C1=C(c2ccc(F)cc2)CC2CCC1N2C. The van der Waals surface area contributed by atoms with Crippen molar-refractivity contribution in [1.29, 1.82) is 0 Å². The smallest absolute Gasteiger partial charge is 0.160 e. The Hall–Kier alpha value is -1.48. The fourth-order valence-electron chi connectivity index (χ4n) is 3.62. The number of halogens is 1. The van der Waals surface area contributed by atoms with Crippen LogP contribution >= 0.6 is 0 Å². The Morgan fingerprint density at radius 3 is 2.65 bits per heavy atom. The number of likely N-dealkylation sites (N-methyl/N-ethyl adjacent to an activating group) is 1. The van der Waals surface area contributed by atoms with Crippen LogP contribution < -0.4 is 0 Å². The van der Waals surface area contributed by atoms with E-state index in [0.717, 1.165) is 36.0 Å². The molecule has 2 atom stereocenters. The number of rotatable bonds is 3. The summed E-state index contributed by atoms with van der Waals surface area (Å²) in [4.78, 5) is 14.7. The van der Waals surface area contributed by atoms with E-state index in [1.165, 1.54) is 12.1 Å². The largest absolute Gasteiger partial charge is 0.296 e. The summed E-state index contributed by atoms with van der Waals surface area (Å²) in [5, 5.41) is 0. The molecule has 2 aliphatic rings. The number of carbonyl (C=O) groups is 1. The summed E-state index contributed by atoms with van der Waals surface area (Å²) in [6.07, 6.45) is 3.65. The van der Waals surface area contributed by atoms with Crippen molar-refractivity contribution >= 4 is 11.4 Å². The molecule has 106 valence electrons. The minimum Gasteiger partial charge on any atom is -0.296 e. The molecule has 1 fully saturated rings. The number of carbonyl (C=O) groups excluding carboxylic acids is 1. The van der Waals surface area contributed by atoms with Gasteiger partial charge in [-0.15, -0.1) is 0 Å². The lowest BCUT2D eigenvalue weighted by Crippen LogP contribution is -2.39. The minimum atomic E-state index is -0.228. The van der Waals surface area contributed by atoms with Gasteiger partial charge >= 0.3 is 0 Å². The first-order valence-corrected chi connectivity index (χ1v) is 7.36. The Kier molecular flexibility index (Phi) is 3.47. The lowest BCUT2D eigenvalue weighted by Gasteiger charge is -2.34. The normalized spacial score (nSPS) is 26.1. The summed E-state index contributed by atoms with van der Waals surface area (Å²) in [5.41, 5.74) is 3.12. The van der Waals surface area contributed by atoms with E-state index in [1.54, 1.807) is 12.1 Å². The molecule has 0 aromatic heterocycles. The molecule has 3 heteroatoms. The lowest BCUT2D eigenvalue weighted by atomic mass is 9.86. The first-order valence-electron chi connectivity index (χ1n) is 7.36. The first kappa shape index (κ1) is 13.5. The molecular formula is C17H20FNO. The Balaban J connectivity index is 2.10. The van der Waals surface area contributed by atoms with Crippen molar-refractivity contribution < 1.29 is 9.18 Å². The van der Waals surface area contributed by atoms with Gasteiger partial charge in [-0.25, -0.2) is 4.39 Å². The zero-order valence-electron chi connectivity index (χ0n) is 12.0. The maximum Gasteiger partial charge on any atom is 0.160 e. The van der Waals surface area contributed by atoms with Gasteiger partial charge < -0.3 is 0 Å². The third-order valence-corrected chi connectivity index (χ3v) is 4.75. The second kappa shape index (κ2) is 5.13. The van der Waals surface area contributed by atoms with Crippen LogP contribution in [0.5, 0.6) is 0 Å². The van der Waals surface area contributed by atoms with Gasteiger partial charge in [0.1, 0.15) is 5.82 Å². The molecule has 0 amide bonds. The van der Waals surface area contributed by atoms with Gasteiger partial charge in [-0.3, -0.25) is 9.69 Å². The number of hydrogen-bond acceptors (Lipinski definition) is 2. The molecule has 1 aromatic carbocycles. The van der Waals surface area contributed by atoms with E-state index in [2.05, 4.69) is 11.9 Å².